The molecule has 0 radical (unpaired) electrons. The monoisotopic (exact) mass is 554 g/mol. The average molecular weight is 559 g/mol. The Labute approximate surface area is 144 Å². The Morgan fingerprint density at radius 1 is 0.765 bits per heavy atom. The van der Waals surface area contributed by atoms with Gasteiger partial charge in [-0.05, 0) is 86.1 Å². The third-order valence-electron chi connectivity index (χ3n) is 2.16. The molecule has 6 heteroatoms. The Morgan fingerprint density at radius 2 is 1.24 bits per heavy atom. The van der Waals surface area contributed by atoms with Crippen molar-refractivity contribution < 1.29 is 4.74 Å². The van der Waals surface area contributed by atoms with Gasteiger partial charge in [-0.15, -0.1) is 0 Å². The molecule has 0 unspecified atom stereocenters. The molecule has 1 aromatic rings. The van der Waals surface area contributed by atoms with E-state index < -0.39 is 0 Å². The molecule has 96 valence electrons. The van der Waals surface area contributed by atoms with Crippen LogP contribution in [0.25, 0.3) is 0 Å². The predicted molar refractivity (Wildman–Crippen MR) is 90.0 cm³/mol. The molecule has 0 spiro atoms. The molecule has 0 atom stereocenters. The lowest BCUT2D eigenvalue weighted by atomic mass is 10.3. The van der Waals surface area contributed by atoms with Crippen molar-refractivity contribution in [1.29, 1.82) is 0 Å². The molecule has 0 aromatic heterocycles. The fourth-order valence-corrected chi connectivity index (χ4v) is 4.48. The summed E-state index contributed by atoms with van der Waals surface area (Å²) in [5.41, 5.74) is 0. The molecule has 1 rings (SSSR count). The van der Waals surface area contributed by atoms with E-state index in [4.69, 9.17) is 4.74 Å². The number of halogens is 5. The lowest BCUT2D eigenvalue weighted by Crippen LogP contribution is -1.99. The molecule has 0 saturated carbocycles. The summed E-state index contributed by atoms with van der Waals surface area (Å²) in [5, 5.41) is 0. The van der Waals surface area contributed by atoms with Crippen molar-refractivity contribution in [3.63, 3.8) is 0 Å². The second-order valence-electron chi connectivity index (χ2n) is 3.45. The van der Waals surface area contributed by atoms with E-state index in [1.807, 2.05) is 0 Å². The van der Waals surface area contributed by atoms with Crippen LogP contribution in [-0.4, -0.2) is 6.61 Å². The molecule has 17 heavy (non-hydrogen) atoms. The number of unbranched alkanes of at least 4 members (excludes halogenated alkanes) is 2. The quantitative estimate of drug-likeness (QED) is 0.213. The van der Waals surface area contributed by atoms with Crippen LogP contribution in [0.4, 0.5) is 0 Å². The fraction of sp³-hybridized carbons (Fsp3) is 0.455. The maximum Gasteiger partial charge on any atom is 0.150 e. The van der Waals surface area contributed by atoms with Crippen molar-refractivity contribution in [3.05, 3.63) is 22.4 Å². The summed E-state index contributed by atoms with van der Waals surface area (Å²) in [4.78, 5) is 0. The average Bonchev–Trinajstić information content (AvgIpc) is 2.33. The van der Waals surface area contributed by atoms with E-state index in [0.717, 1.165) is 41.1 Å². The minimum Gasteiger partial charge on any atom is -0.491 e. The first-order valence-corrected chi connectivity index (χ1v) is 9.11. The van der Waals surface area contributed by atoms with E-state index in [0.29, 0.717) is 0 Å². The lowest BCUT2D eigenvalue weighted by molar-refractivity contribution is 0.302. The van der Waals surface area contributed by atoms with Crippen LogP contribution in [-0.2, 0) is 0 Å². The first-order chi connectivity index (χ1) is 8.00. The standard InChI is InChI=1S/C11H11Br5O/c1-2-3-4-5-17-11-9(15)7(13)6(12)8(14)10(11)16/h2-5H2,1H3. The van der Waals surface area contributed by atoms with Gasteiger partial charge in [-0.25, -0.2) is 0 Å². The summed E-state index contributed by atoms with van der Waals surface area (Å²) in [6.45, 7) is 2.91. The summed E-state index contributed by atoms with van der Waals surface area (Å²) >= 11 is 17.6. The zero-order chi connectivity index (χ0) is 13.0. The van der Waals surface area contributed by atoms with Gasteiger partial charge >= 0.3 is 0 Å². The van der Waals surface area contributed by atoms with E-state index >= 15 is 0 Å². The van der Waals surface area contributed by atoms with Crippen LogP contribution in [0.3, 0.4) is 0 Å². The van der Waals surface area contributed by atoms with Gasteiger partial charge in [-0.2, -0.15) is 0 Å². The van der Waals surface area contributed by atoms with Gasteiger partial charge in [0.05, 0.1) is 24.5 Å². The summed E-state index contributed by atoms with van der Waals surface area (Å²) in [5.74, 6) is 0.822. The molecule has 0 fully saturated rings. The fourth-order valence-electron chi connectivity index (χ4n) is 1.24. The van der Waals surface area contributed by atoms with Gasteiger partial charge < -0.3 is 4.74 Å². The number of hydrogen-bond donors (Lipinski definition) is 0. The van der Waals surface area contributed by atoms with Gasteiger partial charge in [-0.1, -0.05) is 19.8 Å². The molecule has 0 bridgehead atoms. The molecule has 0 saturated heterocycles. The first-order valence-electron chi connectivity index (χ1n) is 5.14. The Balaban J connectivity index is 2.92. The van der Waals surface area contributed by atoms with Crippen molar-refractivity contribution in [2.75, 3.05) is 6.61 Å². The van der Waals surface area contributed by atoms with E-state index in [1.54, 1.807) is 0 Å². The van der Waals surface area contributed by atoms with Crippen LogP contribution >= 0.6 is 79.6 Å². The molecule has 1 nitrogen and oxygen atoms in total. The number of rotatable bonds is 5. The smallest absolute Gasteiger partial charge is 0.150 e. The molecule has 0 N–H and O–H groups in total. The zero-order valence-electron chi connectivity index (χ0n) is 9.13. The zero-order valence-corrected chi connectivity index (χ0v) is 17.1. The molecule has 0 aliphatic rings. The molecular formula is C11H11Br5O. The van der Waals surface area contributed by atoms with Gasteiger partial charge in [0.1, 0.15) is 5.75 Å². The highest BCUT2D eigenvalue weighted by Crippen LogP contribution is 2.48. The van der Waals surface area contributed by atoms with Crippen LogP contribution < -0.4 is 4.74 Å². The second-order valence-corrected chi connectivity index (χ2v) is 7.42. The third kappa shape index (κ3) is 4.20. The minimum atomic E-state index is 0.728. The second kappa shape index (κ2) is 7.88. The van der Waals surface area contributed by atoms with Crippen LogP contribution in [0.2, 0.25) is 0 Å². The predicted octanol–water partition coefficient (Wildman–Crippen LogP) is 7.07. The van der Waals surface area contributed by atoms with Crippen molar-refractivity contribution in [2.45, 2.75) is 26.2 Å². The van der Waals surface area contributed by atoms with E-state index in [1.165, 1.54) is 12.8 Å². The van der Waals surface area contributed by atoms with Gasteiger partial charge in [-0.3, -0.25) is 0 Å². The summed E-state index contributed by atoms with van der Waals surface area (Å²) in [6.07, 6.45) is 3.45. The van der Waals surface area contributed by atoms with Crippen LogP contribution in [0, 0.1) is 0 Å². The summed E-state index contributed by atoms with van der Waals surface area (Å²) in [6, 6.07) is 0. The van der Waals surface area contributed by atoms with E-state index in [-0.39, 0.29) is 0 Å². The summed E-state index contributed by atoms with van der Waals surface area (Å²) < 4.78 is 10.5. The van der Waals surface area contributed by atoms with Crippen LogP contribution in [0.15, 0.2) is 22.4 Å². The lowest BCUT2D eigenvalue weighted by Gasteiger charge is -2.14. The van der Waals surface area contributed by atoms with Gasteiger partial charge in [0.15, 0.2) is 0 Å². The molecular weight excluding hydrogens is 548 g/mol. The third-order valence-corrected chi connectivity index (χ3v) is 8.18. The highest BCUT2D eigenvalue weighted by molar-refractivity contribution is 9.15. The van der Waals surface area contributed by atoms with Gasteiger partial charge in [0.2, 0.25) is 0 Å². The Bertz CT molecular complexity index is 376. The van der Waals surface area contributed by atoms with Crippen LogP contribution in [0.5, 0.6) is 5.75 Å². The Kier molecular flexibility index (Phi) is 7.63. The van der Waals surface area contributed by atoms with E-state index in [9.17, 15) is 0 Å². The first kappa shape index (κ1) is 16.5. The number of hydrogen-bond acceptors (Lipinski definition) is 1. The number of benzene rings is 1. The molecule has 0 heterocycles. The normalized spacial score (nSPS) is 10.7. The van der Waals surface area contributed by atoms with Gasteiger partial charge in [0.25, 0.3) is 0 Å². The van der Waals surface area contributed by atoms with Crippen molar-refractivity contribution in [2.24, 2.45) is 0 Å². The minimum absolute atomic E-state index is 0.728. The van der Waals surface area contributed by atoms with E-state index in [2.05, 4.69) is 86.6 Å². The molecule has 0 amide bonds. The maximum absolute atomic E-state index is 5.81. The van der Waals surface area contributed by atoms with Gasteiger partial charge in [0, 0.05) is 4.47 Å². The highest BCUT2D eigenvalue weighted by Gasteiger charge is 2.18. The van der Waals surface area contributed by atoms with Crippen molar-refractivity contribution >= 4 is 79.6 Å². The maximum atomic E-state index is 5.81. The molecule has 0 aliphatic heterocycles. The SMILES string of the molecule is CCCCCOc1c(Br)c(Br)c(Br)c(Br)c1Br. The molecule has 1 aromatic carbocycles. The number of ether oxygens (including phenoxy) is 1. The van der Waals surface area contributed by atoms with Crippen molar-refractivity contribution in [1.82, 2.24) is 0 Å². The molecule has 0 aliphatic carbocycles. The topological polar surface area (TPSA) is 9.23 Å². The highest BCUT2D eigenvalue weighted by atomic mass is 79.9. The Morgan fingerprint density at radius 3 is 1.71 bits per heavy atom. The largest absolute Gasteiger partial charge is 0.491 e. The van der Waals surface area contributed by atoms with Crippen LogP contribution in [0.1, 0.15) is 26.2 Å². The summed E-state index contributed by atoms with van der Waals surface area (Å²) in [7, 11) is 0. The Hall–Kier alpha value is 1.42. The van der Waals surface area contributed by atoms with Crippen molar-refractivity contribution in [3.8, 4) is 5.75 Å².